The summed E-state index contributed by atoms with van der Waals surface area (Å²) in [6, 6.07) is 3.17. The summed E-state index contributed by atoms with van der Waals surface area (Å²) >= 11 is 0. The third-order valence-corrected chi connectivity index (χ3v) is 4.67. The van der Waals surface area contributed by atoms with Gasteiger partial charge in [0.25, 0.3) is 11.8 Å². The minimum atomic E-state index is -0.989. The molecule has 3 rings (SSSR count). The zero-order valence-electron chi connectivity index (χ0n) is 14.9. The second-order valence-electron chi connectivity index (χ2n) is 6.39. The molecule has 9 heteroatoms. The van der Waals surface area contributed by atoms with Crippen molar-refractivity contribution in [1.29, 1.82) is 0 Å². The number of aromatic amines is 1. The van der Waals surface area contributed by atoms with E-state index in [0.29, 0.717) is 0 Å². The van der Waals surface area contributed by atoms with E-state index in [9.17, 15) is 18.4 Å². The summed E-state index contributed by atoms with van der Waals surface area (Å²) in [5.74, 6) is -3.38. The van der Waals surface area contributed by atoms with Crippen molar-refractivity contribution < 1.29 is 18.4 Å². The molecule has 0 saturated carbocycles. The predicted molar refractivity (Wildman–Crippen MR) is 95.5 cm³/mol. The molecular weight excluding hydrogens is 356 g/mol. The van der Waals surface area contributed by atoms with Crippen LogP contribution in [0.25, 0.3) is 0 Å². The summed E-state index contributed by atoms with van der Waals surface area (Å²) in [7, 11) is 0. The standard InChI is InChI=1S/C18H21F2N5O2/c1-2-25-8-6-11(7-9-25)22-18(27)16-14(10-21-24-16)23-17(26)15-12(19)4-3-5-13(15)20/h3-5,10-11H,2,6-9H2,1H3,(H,21,24)(H,22,27)(H,23,26). The zero-order valence-corrected chi connectivity index (χ0v) is 14.9. The fraction of sp³-hybridized carbons (Fsp3) is 0.389. The van der Waals surface area contributed by atoms with E-state index in [1.807, 2.05) is 0 Å². The lowest BCUT2D eigenvalue weighted by atomic mass is 10.0. The summed E-state index contributed by atoms with van der Waals surface area (Å²) in [5.41, 5.74) is -0.610. The highest BCUT2D eigenvalue weighted by atomic mass is 19.1. The molecule has 2 aromatic rings. The molecule has 7 nitrogen and oxygen atoms in total. The van der Waals surface area contributed by atoms with E-state index in [-0.39, 0.29) is 17.4 Å². The van der Waals surface area contributed by atoms with E-state index in [1.165, 1.54) is 12.3 Å². The largest absolute Gasteiger partial charge is 0.348 e. The Morgan fingerprint density at radius 3 is 2.52 bits per heavy atom. The van der Waals surface area contributed by atoms with E-state index in [4.69, 9.17) is 0 Å². The van der Waals surface area contributed by atoms with E-state index >= 15 is 0 Å². The van der Waals surface area contributed by atoms with Crippen molar-refractivity contribution in [2.45, 2.75) is 25.8 Å². The molecule has 2 amide bonds. The maximum atomic E-state index is 13.8. The number of benzene rings is 1. The van der Waals surface area contributed by atoms with Crippen LogP contribution in [0.1, 0.15) is 40.6 Å². The van der Waals surface area contributed by atoms with Gasteiger partial charge in [-0.1, -0.05) is 13.0 Å². The SMILES string of the molecule is CCN1CCC(NC(=O)c2[nH]ncc2NC(=O)c2c(F)cccc2F)CC1. The Kier molecular flexibility index (Phi) is 5.80. The van der Waals surface area contributed by atoms with Gasteiger partial charge < -0.3 is 15.5 Å². The topological polar surface area (TPSA) is 90.1 Å². The van der Waals surface area contributed by atoms with Gasteiger partial charge in [-0.25, -0.2) is 8.78 Å². The number of amides is 2. The first kappa shape index (κ1) is 19.0. The Bertz CT molecular complexity index is 811. The number of aromatic nitrogens is 2. The molecule has 2 heterocycles. The normalized spacial score (nSPS) is 15.5. The first-order chi connectivity index (χ1) is 13.0. The smallest absolute Gasteiger partial charge is 0.271 e. The lowest BCUT2D eigenvalue weighted by Crippen LogP contribution is -2.44. The molecule has 1 saturated heterocycles. The van der Waals surface area contributed by atoms with Crippen molar-refractivity contribution in [3.8, 4) is 0 Å². The molecule has 0 spiro atoms. The number of hydrogen-bond donors (Lipinski definition) is 3. The number of rotatable bonds is 5. The van der Waals surface area contributed by atoms with Crippen molar-refractivity contribution in [2.75, 3.05) is 25.0 Å². The Labute approximate surface area is 155 Å². The maximum Gasteiger partial charge on any atom is 0.271 e. The predicted octanol–water partition coefficient (Wildman–Crippen LogP) is 2.15. The zero-order chi connectivity index (χ0) is 19.4. The van der Waals surface area contributed by atoms with Gasteiger partial charge in [0.1, 0.15) is 22.9 Å². The van der Waals surface area contributed by atoms with Crippen LogP contribution in [0.4, 0.5) is 14.5 Å². The quantitative estimate of drug-likeness (QED) is 0.745. The summed E-state index contributed by atoms with van der Waals surface area (Å²) in [4.78, 5) is 27.0. The third-order valence-electron chi connectivity index (χ3n) is 4.67. The number of hydrogen-bond acceptors (Lipinski definition) is 4. The van der Waals surface area contributed by atoms with Gasteiger partial charge in [-0.15, -0.1) is 0 Å². The molecule has 1 aliphatic rings. The Morgan fingerprint density at radius 2 is 1.89 bits per heavy atom. The molecule has 1 aromatic carbocycles. The molecule has 0 radical (unpaired) electrons. The molecule has 1 aromatic heterocycles. The first-order valence-corrected chi connectivity index (χ1v) is 8.81. The molecule has 0 aliphatic carbocycles. The summed E-state index contributed by atoms with van der Waals surface area (Å²) in [5, 5.41) is 11.5. The van der Waals surface area contributed by atoms with Gasteiger partial charge in [0, 0.05) is 19.1 Å². The number of nitrogens with one attached hydrogen (secondary N) is 3. The number of nitrogens with zero attached hydrogens (tertiary/aromatic N) is 2. The van der Waals surface area contributed by atoms with Crippen LogP contribution in [0.2, 0.25) is 0 Å². The summed E-state index contributed by atoms with van der Waals surface area (Å²) in [6.07, 6.45) is 2.89. The third kappa shape index (κ3) is 4.30. The number of carbonyl (C=O) groups is 2. The van der Waals surface area contributed by atoms with E-state index in [1.54, 1.807) is 0 Å². The van der Waals surface area contributed by atoms with Crippen LogP contribution in [0, 0.1) is 11.6 Å². The van der Waals surface area contributed by atoms with Crippen molar-refractivity contribution in [3.63, 3.8) is 0 Å². The Morgan fingerprint density at radius 1 is 1.22 bits per heavy atom. The average Bonchev–Trinajstić information content (AvgIpc) is 3.10. The molecular formula is C18H21F2N5O2. The highest BCUT2D eigenvalue weighted by Gasteiger charge is 2.24. The van der Waals surface area contributed by atoms with E-state index in [2.05, 4.69) is 32.7 Å². The van der Waals surface area contributed by atoms with Crippen LogP contribution in [0.5, 0.6) is 0 Å². The number of likely N-dealkylation sites (tertiary alicyclic amines) is 1. The molecule has 0 unspecified atom stereocenters. The van der Waals surface area contributed by atoms with Gasteiger partial charge in [-0.3, -0.25) is 14.7 Å². The van der Waals surface area contributed by atoms with E-state index in [0.717, 1.165) is 44.6 Å². The van der Waals surface area contributed by atoms with Crippen LogP contribution in [0.3, 0.4) is 0 Å². The van der Waals surface area contributed by atoms with Gasteiger partial charge in [0.2, 0.25) is 0 Å². The summed E-state index contributed by atoms with van der Waals surface area (Å²) in [6.45, 7) is 4.88. The Hall–Kier alpha value is -2.81. The molecule has 1 aliphatic heterocycles. The van der Waals surface area contributed by atoms with Crippen LogP contribution < -0.4 is 10.6 Å². The molecule has 0 bridgehead atoms. The number of anilines is 1. The second-order valence-corrected chi connectivity index (χ2v) is 6.39. The molecule has 3 N–H and O–H groups in total. The number of piperidine rings is 1. The minimum absolute atomic E-state index is 0.0242. The highest BCUT2D eigenvalue weighted by Crippen LogP contribution is 2.18. The van der Waals surface area contributed by atoms with Gasteiger partial charge in [0.15, 0.2) is 0 Å². The monoisotopic (exact) mass is 377 g/mol. The lowest BCUT2D eigenvalue weighted by Gasteiger charge is -2.31. The van der Waals surface area contributed by atoms with Crippen molar-refractivity contribution in [1.82, 2.24) is 20.4 Å². The van der Waals surface area contributed by atoms with Gasteiger partial charge in [0.05, 0.1) is 11.9 Å². The molecule has 27 heavy (non-hydrogen) atoms. The molecule has 144 valence electrons. The van der Waals surface area contributed by atoms with Gasteiger partial charge in [-0.05, 0) is 31.5 Å². The fourth-order valence-electron chi connectivity index (χ4n) is 3.10. The van der Waals surface area contributed by atoms with Gasteiger partial charge in [-0.2, -0.15) is 5.10 Å². The first-order valence-electron chi connectivity index (χ1n) is 8.81. The van der Waals surface area contributed by atoms with Crippen LogP contribution in [0.15, 0.2) is 24.4 Å². The van der Waals surface area contributed by atoms with Crippen molar-refractivity contribution in [3.05, 3.63) is 47.3 Å². The number of halogens is 2. The van der Waals surface area contributed by atoms with Gasteiger partial charge >= 0.3 is 0 Å². The Balaban J connectivity index is 1.67. The molecule has 0 atom stereocenters. The van der Waals surface area contributed by atoms with Crippen molar-refractivity contribution >= 4 is 17.5 Å². The van der Waals surface area contributed by atoms with Crippen LogP contribution in [-0.4, -0.2) is 52.6 Å². The second kappa shape index (κ2) is 8.26. The highest BCUT2D eigenvalue weighted by molar-refractivity contribution is 6.08. The number of H-pyrrole nitrogens is 1. The molecule has 1 fully saturated rings. The average molecular weight is 377 g/mol. The van der Waals surface area contributed by atoms with Crippen LogP contribution in [-0.2, 0) is 0 Å². The van der Waals surface area contributed by atoms with Crippen LogP contribution >= 0.6 is 0 Å². The lowest BCUT2D eigenvalue weighted by molar-refractivity contribution is 0.0908. The fourth-order valence-corrected chi connectivity index (χ4v) is 3.10. The minimum Gasteiger partial charge on any atom is -0.348 e. The van der Waals surface area contributed by atoms with Crippen molar-refractivity contribution in [2.24, 2.45) is 0 Å². The number of carbonyl (C=O) groups excluding carboxylic acids is 2. The van der Waals surface area contributed by atoms with E-state index < -0.39 is 29.0 Å². The maximum absolute atomic E-state index is 13.8. The summed E-state index contributed by atoms with van der Waals surface area (Å²) < 4.78 is 27.5.